The molecule has 0 aliphatic heterocycles. The molecule has 1 heterocycles. The van der Waals surface area contributed by atoms with E-state index in [1.807, 2.05) is 47.8 Å². The average molecular weight is 311 g/mol. The molecule has 2 aromatic carbocycles. The van der Waals surface area contributed by atoms with Crippen LogP contribution in [0.5, 0.6) is 0 Å². The van der Waals surface area contributed by atoms with Crippen molar-refractivity contribution in [1.29, 1.82) is 0 Å². The maximum atomic E-state index is 13.0. The summed E-state index contributed by atoms with van der Waals surface area (Å²) in [5.41, 5.74) is 2.30. The lowest BCUT2D eigenvalue weighted by Gasteiger charge is -2.12. The molecule has 0 fully saturated rings. The highest BCUT2D eigenvalue weighted by atomic mass is 19.1. The number of benzene rings is 2. The van der Waals surface area contributed by atoms with Crippen LogP contribution in [0.1, 0.15) is 16.2 Å². The largest absolute Gasteiger partial charge is 0.319 e. The molecule has 1 aromatic heterocycles. The molecule has 0 spiro atoms. The van der Waals surface area contributed by atoms with Crippen molar-refractivity contribution in [2.45, 2.75) is 13.1 Å². The van der Waals surface area contributed by atoms with Gasteiger partial charge in [-0.25, -0.2) is 9.37 Å². The van der Waals surface area contributed by atoms with Crippen LogP contribution in [-0.4, -0.2) is 34.3 Å². The molecule has 0 N–H and O–H groups in total. The lowest BCUT2D eigenvalue weighted by molar-refractivity contribution is 0.0971. The third-order valence-electron chi connectivity index (χ3n) is 3.66. The molecule has 5 heteroatoms. The van der Waals surface area contributed by atoms with Gasteiger partial charge in [0, 0.05) is 5.56 Å². The zero-order chi connectivity index (χ0) is 16.4. The minimum Gasteiger partial charge on any atom is -0.319 e. The molecule has 23 heavy (non-hydrogen) atoms. The Hall–Kier alpha value is -2.53. The van der Waals surface area contributed by atoms with Crippen LogP contribution in [0.15, 0.2) is 48.5 Å². The fourth-order valence-corrected chi connectivity index (χ4v) is 2.58. The third-order valence-corrected chi connectivity index (χ3v) is 3.66. The summed E-state index contributed by atoms with van der Waals surface area (Å²) < 4.78 is 14.9. The quantitative estimate of drug-likeness (QED) is 0.680. The van der Waals surface area contributed by atoms with Gasteiger partial charge in [-0.15, -0.1) is 0 Å². The number of imidazole rings is 1. The molecular weight excluding hydrogens is 293 g/mol. The van der Waals surface area contributed by atoms with E-state index in [4.69, 9.17) is 0 Å². The van der Waals surface area contributed by atoms with E-state index in [-0.39, 0.29) is 18.1 Å². The second-order valence-corrected chi connectivity index (χ2v) is 5.77. The van der Waals surface area contributed by atoms with Crippen LogP contribution in [-0.2, 0) is 13.1 Å². The van der Waals surface area contributed by atoms with Gasteiger partial charge in [0.15, 0.2) is 5.78 Å². The highest BCUT2D eigenvalue weighted by molar-refractivity contribution is 5.96. The molecule has 3 aromatic rings. The van der Waals surface area contributed by atoms with Gasteiger partial charge in [0.2, 0.25) is 0 Å². The van der Waals surface area contributed by atoms with Crippen LogP contribution in [0.25, 0.3) is 11.0 Å². The average Bonchev–Trinajstić information content (AvgIpc) is 2.85. The first-order valence-electron chi connectivity index (χ1n) is 7.42. The van der Waals surface area contributed by atoms with E-state index < -0.39 is 0 Å². The maximum Gasteiger partial charge on any atom is 0.182 e. The molecule has 0 aliphatic carbocycles. The Bertz CT molecular complexity index is 837. The van der Waals surface area contributed by atoms with Gasteiger partial charge in [-0.05, 0) is 50.5 Å². The molecule has 0 aliphatic rings. The molecule has 0 unspecified atom stereocenters. The van der Waals surface area contributed by atoms with E-state index in [0.29, 0.717) is 12.1 Å². The summed E-state index contributed by atoms with van der Waals surface area (Å²) in [5, 5.41) is 0. The summed E-state index contributed by atoms with van der Waals surface area (Å²) in [6, 6.07) is 13.4. The van der Waals surface area contributed by atoms with Crippen molar-refractivity contribution in [3.63, 3.8) is 0 Å². The van der Waals surface area contributed by atoms with Crippen molar-refractivity contribution in [2.24, 2.45) is 0 Å². The van der Waals surface area contributed by atoms with Crippen molar-refractivity contribution in [3.8, 4) is 0 Å². The smallest absolute Gasteiger partial charge is 0.182 e. The topological polar surface area (TPSA) is 38.1 Å². The van der Waals surface area contributed by atoms with Gasteiger partial charge in [0.05, 0.1) is 24.1 Å². The van der Waals surface area contributed by atoms with Gasteiger partial charge in [-0.3, -0.25) is 4.79 Å². The van der Waals surface area contributed by atoms with Gasteiger partial charge in [0.25, 0.3) is 0 Å². The van der Waals surface area contributed by atoms with E-state index in [0.717, 1.165) is 16.9 Å². The van der Waals surface area contributed by atoms with Crippen LogP contribution in [0.3, 0.4) is 0 Å². The molecule has 0 atom stereocenters. The number of aromatic nitrogens is 2. The monoisotopic (exact) mass is 311 g/mol. The summed E-state index contributed by atoms with van der Waals surface area (Å²) in [5.74, 6) is 0.433. The number of hydrogen-bond donors (Lipinski definition) is 0. The van der Waals surface area contributed by atoms with Gasteiger partial charge in [-0.2, -0.15) is 0 Å². The molecule has 0 saturated carbocycles. The number of para-hydroxylation sites is 2. The normalized spacial score (nSPS) is 11.3. The number of carbonyl (C=O) groups excluding carboxylic acids is 1. The van der Waals surface area contributed by atoms with E-state index in [1.54, 1.807) is 0 Å². The predicted octanol–water partition coefficient (Wildman–Crippen LogP) is 3.12. The number of rotatable bonds is 5. The van der Waals surface area contributed by atoms with Crippen molar-refractivity contribution in [1.82, 2.24) is 14.5 Å². The third kappa shape index (κ3) is 3.29. The van der Waals surface area contributed by atoms with Gasteiger partial charge >= 0.3 is 0 Å². The van der Waals surface area contributed by atoms with Gasteiger partial charge < -0.3 is 9.47 Å². The van der Waals surface area contributed by atoms with Crippen molar-refractivity contribution in [2.75, 3.05) is 14.1 Å². The standard InChI is InChI=1S/C18H18FN3O/c1-21(2)12-18-20-15-5-3-4-6-16(15)22(18)11-17(23)13-7-9-14(19)10-8-13/h3-10H,11-12H2,1-2H3. The number of carbonyl (C=O) groups is 1. The molecule has 0 bridgehead atoms. The first-order chi connectivity index (χ1) is 11.0. The minimum absolute atomic E-state index is 0.0619. The highest BCUT2D eigenvalue weighted by Gasteiger charge is 2.15. The minimum atomic E-state index is -0.345. The van der Waals surface area contributed by atoms with Crippen molar-refractivity contribution >= 4 is 16.8 Å². The van der Waals surface area contributed by atoms with Crippen LogP contribution in [0, 0.1) is 5.82 Å². The molecular formula is C18H18FN3O. The first-order valence-corrected chi connectivity index (χ1v) is 7.42. The van der Waals surface area contributed by atoms with Gasteiger partial charge in [0.1, 0.15) is 11.6 Å². The molecule has 118 valence electrons. The summed E-state index contributed by atoms with van der Waals surface area (Å²) in [7, 11) is 3.93. The molecule has 0 amide bonds. The summed E-state index contributed by atoms with van der Waals surface area (Å²) in [6.45, 7) is 0.834. The summed E-state index contributed by atoms with van der Waals surface area (Å²) in [6.07, 6.45) is 0. The maximum absolute atomic E-state index is 13.0. The number of ketones is 1. The number of hydrogen-bond acceptors (Lipinski definition) is 3. The second kappa shape index (κ2) is 6.30. The Morgan fingerprint density at radius 2 is 1.83 bits per heavy atom. The SMILES string of the molecule is CN(C)Cc1nc2ccccc2n1CC(=O)c1ccc(F)cc1. The fraction of sp³-hybridized carbons (Fsp3) is 0.222. The lowest BCUT2D eigenvalue weighted by Crippen LogP contribution is -2.18. The van der Waals surface area contributed by atoms with E-state index in [2.05, 4.69) is 4.98 Å². The number of Topliss-reactive ketones (excluding diaryl/α,β-unsaturated/α-hetero) is 1. The summed E-state index contributed by atoms with van der Waals surface area (Å²) >= 11 is 0. The zero-order valence-corrected chi connectivity index (χ0v) is 13.2. The Labute approximate surface area is 134 Å². The Balaban J connectivity index is 1.97. The highest BCUT2D eigenvalue weighted by Crippen LogP contribution is 2.18. The zero-order valence-electron chi connectivity index (χ0n) is 13.2. The van der Waals surface area contributed by atoms with Crippen LogP contribution < -0.4 is 0 Å². The number of fused-ring (bicyclic) bond motifs is 1. The predicted molar refractivity (Wildman–Crippen MR) is 87.9 cm³/mol. The molecule has 0 saturated heterocycles. The summed E-state index contributed by atoms with van der Waals surface area (Å²) in [4.78, 5) is 19.2. The van der Waals surface area contributed by atoms with Crippen LogP contribution in [0.4, 0.5) is 4.39 Å². The lowest BCUT2D eigenvalue weighted by atomic mass is 10.1. The Morgan fingerprint density at radius 1 is 1.13 bits per heavy atom. The van der Waals surface area contributed by atoms with Crippen molar-refractivity contribution < 1.29 is 9.18 Å². The molecule has 0 radical (unpaired) electrons. The van der Waals surface area contributed by atoms with E-state index in [1.165, 1.54) is 24.3 Å². The van der Waals surface area contributed by atoms with Crippen LogP contribution >= 0.6 is 0 Å². The van der Waals surface area contributed by atoms with Crippen LogP contribution in [0.2, 0.25) is 0 Å². The van der Waals surface area contributed by atoms with E-state index in [9.17, 15) is 9.18 Å². The first kappa shape index (κ1) is 15.4. The fourth-order valence-electron chi connectivity index (χ4n) is 2.58. The van der Waals surface area contributed by atoms with Crippen molar-refractivity contribution in [3.05, 3.63) is 65.7 Å². The molecule has 4 nitrogen and oxygen atoms in total. The number of halogens is 1. The molecule has 3 rings (SSSR count). The van der Waals surface area contributed by atoms with E-state index >= 15 is 0 Å². The second-order valence-electron chi connectivity index (χ2n) is 5.77. The number of nitrogens with zero attached hydrogens (tertiary/aromatic N) is 3. The Morgan fingerprint density at radius 3 is 2.52 bits per heavy atom. The van der Waals surface area contributed by atoms with Gasteiger partial charge in [-0.1, -0.05) is 12.1 Å². The Kier molecular flexibility index (Phi) is 4.21.